The van der Waals surface area contributed by atoms with Crippen LogP contribution in [0.3, 0.4) is 0 Å². The summed E-state index contributed by atoms with van der Waals surface area (Å²) < 4.78 is 9.91. The van der Waals surface area contributed by atoms with Crippen LogP contribution in [-0.4, -0.2) is 61.8 Å². The molecule has 3 N–H and O–H groups in total. The fourth-order valence-corrected chi connectivity index (χ4v) is 1.29. The van der Waals surface area contributed by atoms with Crippen LogP contribution in [-0.2, 0) is 14.3 Å². The molecule has 0 heterocycles. The Labute approximate surface area is 102 Å². The molecule has 17 heavy (non-hydrogen) atoms. The average molecular weight is 249 g/mol. The molecule has 0 fully saturated rings. The van der Waals surface area contributed by atoms with Gasteiger partial charge in [0.2, 0.25) is 0 Å². The van der Waals surface area contributed by atoms with E-state index in [9.17, 15) is 9.90 Å². The smallest absolute Gasteiger partial charge is 0.320 e. The largest absolute Gasteiger partial charge is 0.480 e. The Morgan fingerprint density at radius 2 is 2.00 bits per heavy atom. The first-order chi connectivity index (χ1) is 7.99. The molecular weight excluding hydrogens is 226 g/mol. The number of aliphatic hydroxyl groups is 1. The van der Waals surface area contributed by atoms with Gasteiger partial charge in [-0.15, -0.1) is 0 Å². The molecule has 0 spiro atoms. The summed E-state index contributed by atoms with van der Waals surface area (Å²) in [4.78, 5) is 10.9. The van der Waals surface area contributed by atoms with Gasteiger partial charge in [0.1, 0.15) is 6.04 Å². The Kier molecular flexibility index (Phi) is 8.97. The second-order valence-corrected chi connectivity index (χ2v) is 4.19. The zero-order chi connectivity index (χ0) is 13.3. The summed E-state index contributed by atoms with van der Waals surface area (Å²) in [6.07, 6.45) is -0.715. The molecule has 0 amide bonds. The standard InChI is InChI=1S/C11H23NO5/c1-8(2)10(11(14)15)12-6-9(13)7-17-5-4-16-3/h8-10,12-13H,4-7H2,1-3H3,(H,14,15). The number of hydrogen-bond acceptors (Lipinski definition) is 5. The molecule has 2 unspecified atom stereocenters. The van der Waals surface area contributed by atoms with Gasteiger partial charge < -0.3 is 25.0 Å². The fourth-order valence-electron chi connectivity index (χ4n) is 1.29. The normalized spacial score (nSPS) is 14.9. The third-order valence-electron chi connectivity index (χ3n) is 2.25. The summed E-state index contributed by atoms with van der Waals surface area (Å²) >= 11 is 0. The molecule has 0 saturated carbocycles. The second kappa shape index (κ2) is 9.35. The monoisotopic (exact) mass is 249 g/mol. The quantitative estimate of drug-likeness (QED) is 0.461. The molecular formula is C11H23NO5. The van der Waals surface area contributed by atoms with Gasteiger partial charge >= 0.3 is 5.97 Å². The van der Waals surface area contributed by atoms with E-state index in [1.165, 1.54) is 0 Å². The third-order valence-corrected chi connectivity index (χ3v) is 2.25. The number of carbonyl (C=O) groups is 1. The lowest BCUT2D eigenvalue weighted by Gasteiger charge is -2.20. The van der Waals surface area contributed by atoms with Crippen LogP contribution in [0, 0.1) is 5.92 Å². The first-order valence-electron chi connectivity index (χ1n) is 5.70. The predicted molar refractivity (Wildman–Crippen MR) is 63.0 cm³/mol. The SMILES string of the molecule is COCCOCC(O)CNC(C(=O)O)C(C)C. The van der Waals surface area contributed by atoms with Crippen molar-refractivity contribution in [2.24, 2.45) is 5.92 Å². The molecule has 0 aromatic rings. The minimum Gasteiger partial charge on any atom is -0.480 e. The van der Waals surface area contributed by atoms with Crippen molar-refractivity contribution < 1.29 is 24.5 Å². The van der Waals surface area contributed by atoms with Crippen molar-refractivity contribution in [1.29, 1.82) is 0 Å². The molecule has 0 aromatic carbocycles. The van der Waals surface area contributed by atoms with Crippen molar-refractivity contribution >= 4 is 5.97 Å². The van der Waals surface area contributed by atoms with Crippen molar-refractivity contribution in [3.8, 4) is 0 Å². The molecule has 0 aromatic heterocycles. The Morgan fingerprint density at radius 3 is 2.47 bits per heavy atom. The molecule has 6 nitrogen and oxygen atoms in total. The van der Waals surface area contributed by atoms with Gasteiger partial charge in [0.15, 0.2) is 0 Å². The van der Waals surface area contributed by atoms with Crippen molar-refractivity contribution in [3.05, 3.63) is 0 Å². The lowest BCUT2D eigenvalue weighted by Crippen LogP contribution is -2.45. The summed E-state index contributed by atoms with van der Waals surface area (Å²) in [6, 6.07) is -0.649. The molecule has 0 aliphatic carbocycles. The molecule has 0 rings (SSSR count). The molecule has 0 radical (unpaired) electrons. The number of carboxylic acids is 1. The molecule has 0 saturated heterocycles. The zero-order valence-corrected chi connectivity index (χ0v) is 10.7. The molecule has 102 valence electrons. The second-order valence-electron chi connectivity index (χ2n) is 4.19. The van der Waals surface area contributed by atoms with E-state index in [1.807, 2.05) is 13.8 Å². The van der Waals surface area contributed by atoms with Crippen LogP contribution in [0.5, 0.6) is 0 Å². The van der Waals surface area contributed by atoms with E-state index in [0.717, 1.165) is 0 Å². The first-order valence-corrected chi connectivity index (χ1v) is 5.70. The Bertz CT molecular complexity index is 210. The highest BCUT2D eigenvalue weighted by Gasteiger charge is 2.21. The van der Waals surface area contributed by atoms with E-state index in [4.69, 9.17) is 14.6 Å². The number of rotatable bonds is 10. The molecule has 0 bridgehead atoms. The van der Waals surface area contributed by atoms with E-state index in [0.29, 0.717) is 13.2 Å². The summed E-state index contributed by atoms with van der Waals surface area (Å²) in [5.74, 6) is -0.943. The number of hydrogen-bond donors (Lipinski definition) is 3. The molecule has 2 atom stereocenters. The van der Waals surface area contributed by atoms with Crippen LogP contribution in [0.2, 0.25) is 0 Å². The van der Waals surface area contributed by atoms with Gasteiger partial charge in [-0.2, -0.15) is 0 Å². The highest BCUT2D eigenvalue weighted by atomic mass is 16.5. The Hall–Kier alpha value is -0.690. The van der Waals surface area contributed by atoms with Gasteiger partial charge in [0.05, 0.1) is 25.9 Å². The number of nitrogens with one attached hydrogen (secondary N) is 1. The maximum Gasteiger partial charge on any atom is 0.320 e. The minimum atomic E-state index is -0.910. The maximum atomic E-state index is 10.9. The van der Waals surface area contributed by atoms with Gasteiger partial charge in [-0.1, -0.05) is 13.8 Å². The van der Waals surface area contributed by atoms with Gasteiger partial charge in [-0.05, 0) is 5.92 Å². The third kappa shape index (κ3) is 8.09. The summed E-state index contributed by atoms with van der Waals surface area (Å²) in [6.45, 7) is 4.88. The van der Waals surface area contributed by atoms with Crippen LogP contribution >= 0.6 is 0 Å². The number of ether oxygens (including phenoxy) is 2. The highest BCUT2D eigenvalue weighted by molar-refractivity contribution is 5.73. The van der Waals surface area contributed by atoms with Gasteiger partial charge in [-0.25, -0.2) is 0 Å². The van der Waals surface area contributed by atoms with E-state index >= 15 is 0 Å². The van der Waals surface area contributed by atoms with E-state index in [-0.39, 0.29) is 19.1 Å². The van der Waals surface area contributed by atoms with Crippen molar-refractivity contribution in [2.75, 3.05) is 33.5 Å². The van der Waals surface area contributed by atoms with Crippen LogP contribution in [0.15, 0.2) is 0 Å². The van der Waals surface area contributed by atoms with Crippen molar-refractivity contribution in [3.63, 3.8) is 0 Å². The van der Waals surface area contributed by atoms with Gasteiger partial charge in [-0.3, -0.25) is 4.79 Å². The first kappa shape index (κ1) is 16.3. The number of carboxylic acid groups (broad SMARTS) is 1. The number of aliphatic carboxylic acids is 1. The van der Waals surface area contributed by atoms with Crippen molar-refractivity contribution in [2.45, 2.75) is 26.0 Å². The van der Waals surface area contributed by atoms with Gasteiger partial charge in [0.25, 0.3) is 0 Å². The van der Waals surface area contributed by atoms with Crippen LogP contribution in [0.4, 0.5) is 0 Å². The minimum absolute atomic E-state index is 0.0332. The molecule has 0 aliphatic rings. The summed E-state index contributed by atoms with van der Waals surface area (Å²) in [5.41, 5.74) is 0. The van der Waals surface area contributed by atoms with E-state index in [2.05, 4.69) is 5.32 Å². The van der Waals surface area contributed by atoms with Crippen LogP contribution < -0.4 is 5.32 Å². The zero-order valence-electron chi connectivity index (χ0n) is 10.7. The molecule has 0 aliphatic heterocycles. The van der Waals surface area contributed by atoms with E-state index in [1.54, 1.807) is 7.11 Å². The summed E-state index contributed by atoms with van der Waals surface area (Å²) in [7, 11) is 1.57. The highest BCUT2D eigenvalue weighted by Crippen LogP contribution is 2.01. The van der Waals surface area contributed by atoms with Crippen LogP contribution in [0.1, 0.15) is 13.8 Å². The predicted octanol–water partition coefficient (Wildman–Crippen LogP) is -0.291. The Morgan fingerprint density at radius 1 is 1.35 bits per heavy atom. The van der Waals surface area contributed by atoms with Crippen molar-refractivity contribution in [1.82, 2.24) is 5.32 Å². The maximum absolute atomic E-state index is 10.9. The average Bonchev–Trinajstić information content (AvgIpc) is 2.23. The number of methoxy groups -OCH3 is 1. The van der Waals surface area contributed by atoms with Gasteiger partial charge in [0, 0.05) is 13.7 Å². The molecule has 6 heteroatoms. The fraction of sp³-hybridized carbons (Fsp3) is 0.909. The van der Waals surface area contributed by atoms with Crippen LogP contribution in [0.25, 0.3) is 0 Å². The lowest BCUT2D eigenvalue weighted by molar-refractivity contribution is -0.140. The topological polar surface area (TPSA) is 88.0 Å². The Balaban J connectivity index is 3.73. The van der Waals surface area contributed by atoms with E-state index < -0.39 is 18.1 Å². The number of aliphatic hydroxyl groups excluding tert-OH is 1. The summed E-state index contributed by atoms with van der Waals surface area (Å²) in [5, 5.41) is 21.2. The lowest BCUT2D eigenvalue weighted by atomic mass is 10.0.